The molecular formula is C17H18N2O2. The number of carbonyl (C=O) groups excluding carboxylic acids is 1. The molecule has 1 aromatic carbocycles. The molecule has 2 heterocycles. The lowest BCUT2D eigenvalue weighted by Crippen LogP contribution is -2.37. The maximum Gasteiger partial charge on any atom is 0.328 e. The van der Waals surface area contributed by atoms with Gasteiger partial charge in [0.25, 0.3) is 0 Å². The number of nitrogens with one attached hydrogen (secondary N) is 1. The van der Waals surface area contributed by atoms with E-state index in [1.54, 1.807) is 6.20 Å². The lowest BCUT2D eigenvalue weighted by molar-refractivity contribution is -0.144. The van der Waals surface area contributed by atoms with E-state index in [1.165, 1.54) is 5.56 Å². The molecular weight excluding hydrogens is 264 g/mol. The molecule has 0 saturated heterocycles. The average molecular weight is 282 g/mol. The summed E-state index contributed by atoms with van der Waals surface area (Å²) in [5.41, 5.74) is 3.08. The first kappa shape index (κ1) is 13.6. The highest BCUT2D eigenvalue weighted by molar-refractivity contribution is 5.81. The smallest absolute Gasteiger partial charge is 0.328 e. The van der Waals surface area contributed by atoms with Crippen LogP contribution in [0.5, 0.6) is 0 Å². The van der Waals surface area contributed by atoms with Gasteiger partial charge in [-0.2, -0.15) is 0 Å². The predicted octanol–water partition coefficient (Wildman–Crippen LogP) is 2.96. The third-order valence-corrected chi connectivity index (χ3v) is 3.74. The molecule has 1 aliphatic heterocycles. The zero-order chi connectivity index (χ0) is 14.7. The van der Waals surface area contributed by atoms with Crippen LogP contribution in [0.4, 0.5) is 5.69 Å². The molecule has 0 spiro atoms. The minimum Gasteiger partial charge on any atom is -0.464 e. The van der Waals surface area contributed by atoms with E-state index in [0.29, 0.717) is 13.0 Å². The van der Waals surface area contributed by atoms with Gasteiger partial charge in [-0.25, -0.2) is 4.79 Å². The standard InChI is InChI=1S/C17H18N2O2/c1-2-21-17(20)15-11-13(12-7-4-3-5-8-12)16-14(19-15)9-6-10-18-16/h3-10,13,15,19H,2,11H2,1H3/t13-,15+/m1/s1. The number of esters is 1. The average Bonchev–Trinajstić information content (AvgIpc) is 2.55. The fourth-order valence-electron chi connectivity index (χ4n) is 2.79. The fraction of sp³-hybridized carbons (Fsp3) is 0.294. The molecule has 0 bridgehead atoms. The van der Waals surface area contributed by atoms with E-state index >= 15 is 0 Å². The van der Waals surface area contributed by atoms with Crippen molar-refractivity contribution >= 4 is 11.7 Å². The molecule has 108 valence electrons. The monoisotopic (exact) mass is 282 g/mol. The van der Waals surface area contributed by atoms with Gasteiger partial charge in [0, 0.05) is 12.1 Å². The number of pyridine rings is 1. The molecule has 0 unspecified atom stereocenters. The molecule has 4 heteroatoms. The van der Waals surface area contributed by atoms with E-state index in [0.717, 1.165) is 11.4 Å². The van der Waals surface area contributed by atoms with Gasteiger partial charge in [0.1, 0.15) is 6.04 Å². The number of carbonyl (C=O) groups is 1. The Morgan fingerprint density at radius 2 is 2.10 bits per heavy atom. The van der Waals surface area contributed by atoms with Crippen molar-refractivity contribution in [3.63, 3.8) is 0 Å². The van der Waals surface area contributed by atoms with Crippen LogP contribution in [0.2, 0.25) is 0 Å². The van der Waals surface area contributed by atoms with E-state index < -0.39 is 0 Å². The van der Waals surface area contributed by atoms with Crippen molar-refractivity contribution < 1.29 is 9.53 Å². The Balaban J connectivity index is 1.96. The number of aromatic nitrogens is 1. The van der Waals surface area contributed by atoms with Crippen LogP contribution in [-0.4, -0.2) is 23.6 Å². The zero-order valence-electron chi connectivity index (χ0n) is 12.0. The highest BCUT2D eigenvalue weighted by Gasteiger charge is 2.33. The van der Waals surface area contributed by atoms with E-state index in [4.69, 9.17) is 4.74 Å². The zero-order valence-corrected chi connectivity index (χ0v) is 12.0. The molecule has 2 atom stereocenters. The van der Waals surface area contributed by atoms with Crippen LogP contribution in [0, 0.1) is 0 Å². The Morgan fingerprint density at radius 3 is 2.86 bits per heavy atom. The number of nitrogens with zero attached hydrogens (tertiary/aromatic N) is 1. The van der Waals surface area contributed by atoms with Crippen LogP contribution in [0.15, 0.2) is 48.7 Å². The van der Waals surface area contributed by atoms with Gasteiger partial charge in [0.15, 0.2) is 0 Å². The number of ether oxygens (including phenoxy) is 1. The predicted molar refractivity (Wildman–Crippen MR) is 81.2 cm³/mol. The SMILES string of the molecule is CCOC(=O)[C@@H]1C[C@H](c2ccccc2)c2ncccc2N1. The first-order valence-corrected chi connectivity index (χ1v) is 7.22. The molecule has 4 nitrogen and oxygen atoms in total. The van der Waals surface area contributed by atoms with Gasteiger partial charge in [0.05, 0.1) is 18.0 Å². The Hall–Kier alpha value is -2.36. The van der Waals surface area contributed by atoms with E-state index in [2.05, 4.69) is 22.4 Å². The first-order chi connectivity index (χ1) is 10.3. The third kappa shape index (κ3) is 2.75. The number of hydrogen-bond donors (Lipinski definition) is 1. The van der Waals surface area contributed by atoms with Crippen LogP contribution in [0.25, 0.3) is 0 Å². The number of anilines is 1. The fourth-order valence-corrected chi connectivity index (χ4v) is 2.79. The van der Waals surface area contributed by atoms with Gasteiger partial charge in [-0.1, -0.05) is 30.3 Å². The molecule has 1 aliphatic rings. The molecule has 0 radical (unpaired) electrons. The maximum absolute atomic E-state index is 12.1. The Bertz CT molecular complexity index is 628. The van der Waals surface area contributed by atoms with Crippen LogP contribution in [-0.2, 0) is 9.53 Å². The summed E-state index contributed by atoms with van der Waals surface area (Å²) in [4.78, 5) is 16.6. The second-order valence-corrected chi connectivity index (χ2v) is 5.08. The number of fused-ring (bicyclic) bond motifs is 1. The molecule has 3 rings (SSSR count). The quantitative estimate of drug-likeness (QED) is 0.879. The molecule has 0 saturated carbocycles. The molecule has 0 aliphatic carbocycles. The van der Waals surface area contributed by atoms with Gasteiger partial charge in [-0.3, -0.25) is 4.98 Å². The second-order valence-electron chi connectivity index (χ2n) is 5.08. The van der Waals surface area contributed by atoms with Crippen molar-refractivity contribution in [1.29, 1.82) is 0 Å². The second kappa shape index (κ2) is 5.95. The van der Waals surface area contributed by atoms with Crippen molar-refractivity contribution in [1.82, 2.24) is 4.98 Å². The van der Waals surface area contributed by atoms with Crippen molar-refractivity contribution in [2.45, 2.75) is 25.3 Å². The molecule has 1 N–H and O–H groups in total. The van der Waals surface area contributed by atoms with E-state index in [9.17, 15) is 4.79 Å². The van der Waals surface area contributed by atoms with Gasteiger partial charge in [-0.15, -0.1) is 0 Å². The van der Waals surface area contributed by atoms with Gasteiger partial charge in [0.2, 0.25) is 0 Å². The molecule has 1 aromatic heterocycles. The van der Waals surface area contributed by atoms with Crippen molar-refractivity contribution in [2.24, 2.45) is 0 Å². The number of rotatable bonds is 3. The maximum atomic E-state index is 12.1. The summed E-state index contributed by atoms with van der Waals surface area (Å²) in [6.45, 7) is 2.22. The normalized spacial score (nSPS) is 20.2. The third-order valence-electron chi connectivity index (χ3n) is 3.74. The van der Waals surface area contributed by atoms with Gasteiger partial charge in [-0.05, 0) is 31.0 Å². The summed E-state index contributed by atoms with van der Waals surface area (Å²) in [5, 5.41) is 3.24. The molecule has 2 aromatic rings. The van der Waals surface area contributed by atoms with E-state index in [-0.39, 0.29) is 17.9 Å². The largest absolute Gasteiger partial charge is 0.464 e. The highest BCUT2D eigenvalue weighted by Crippen LogP contribution is 2.37. The minimum absolute atomic E-state index is 0.109. The number of hydrogen-bond acceptors (Lipinski definition) is 4. The lowest BCUT2D eigenvalue weighted by atomic mass is 9.85. The van der Waals surface area contributed by atoms with Crippen molar-refractivity contribution in [3.8, 4) is 0 Å². The molecule has 21 heavy (non-hydrogen) atoms. The van der Waals surface area contributed by atoms with Crippen molar-refractivity contribution in [2.75, 3.05) is 11.9 Å². The summed E-state index contributed by atoms with van der Waals surface area (Å²) in [6, 6.07) is 13.7. The van der Waals surface area contributed by atoms with Gasteiger partial charge < -0.3 is 10.1 Å². The number of benzene rings is 1. The summed E-state index contributed by atoms with van der Waals surface area (Å²) < 4.78 is 5.16. The van der Waals surface area contributed by atoms with E-state index in [1.807, 2.05) is 37.3 Å². The minimum atomic E-state index is -0.327. The van der Waals surface area contributed by atoms with Crippen LogP contribution in [0.1, 0.15) is 30.5 Å². The van der Waals surface area contributed by atoms with Crippen LogP contribution in [0.3, 0.4) is 0 Å². The summed E-state index contributed by atoms with van der Waals surface area (Å²) >= 11 is 0. The highest BCUT2D eigenvalue weighted by atomic mass is 16.5. The van der Waals surface area contributed by atoms with Crippen molar-refractivity contribution in [3.05, 3.63) is 59.9 Å². The first-order valence-electron chi connectivity index (χ1n) is 7.22. The summed E-state index contributed by atoms with van der Waals surface area (Å²) in [7, 11) is 0. The lowest BCUT2D eigenvalue weighted by Gasteiger charge is -2.31. The van der Waals surface area contributed by atoms with Crippen LogP contribution < -0.4 is 5.32 Å². The Labute approximate surface area is 124 Å². The summed E-state index contributed by atoms with van der Waals surface area (Å²) in [6.07, 6.45) is 2.45. The molecule has 0 fully saturated rings. The topological polar surface area (TPSA) is 51.2 Å². The van der Waals surface area contributed by atoms with Gasteiger partial charge >= 0.3 is 5.97 Å². The molecule has 0 amide bonds. The Kier molecular flexibility index (Phi) is 3.86. The summed E-state index contributed by atoms with van der Waals surface area (Å²) in [5.74, 6) is -0.0917. The van der Waals surface area contributed by atoms with Crippen LogP contribution >= 0.6 is 0 Å². The Morgan fingerprint density at radius 1 is 1.29 bits per heavy atom.